The van der Waals surface area contributed by atoms with Crippen molar-refractivity contribution in [3.8, 4) is 11.5 Å². The molecule has 1 amide bonds. The van der Waals surface area contributed by atoms with E-state index in [1.807, 2.05) is 62.4 Å². The maximum Gasteiger partial charge on any atom is 0.225 e. The number of carbonyl (C=O) groups excluding carboxylic acids is 1. The molecule has 3 atom stereocenters. The van der Waals surface area contributed by atoms with E-state index >= 15 is 0 Å². The zero-order valence-corrected chi connectivity index (χ0v) is 15.8. The van der Waals surface area contributed by atoms with E-state index in [-0.39, 0.29) is 36.3 Å². The van der Waals surface area contributed by atoms with Gasteiger partial charge in [-0.3, -0.25) is 4.79 Å². The van der Waals surface area contributed by atoms with Crippen LogP contribution < -0.4 is 20.5 Å². The van der Waals surface area contributed by atoms with Gasteiger partial charge in [0.15, 0.2) is 11.5 Å². The summed E-state index contributed by atoms with van der Waals surface area (Å²) < 4.78 is 11.1. The average Bonchev–Trinajstić information content (AvgIpc) is 2.67. The molecular formula is C20H25ClN2O3. The first-order chi connectivity index (χ1) is 12.1. The SMILES string of the molecule is CC(NC(=O)C(C)C(N)c1ccccc1)c1ccc2c(c1)OCCO2.Cl. The summed E-state index contributed by atoms with van der Waals surface area (Å²) in [6.45, 7) is 4.90. The van der Waals surface area contributed by atoms with Crippen molar-refractivity contribution in [3.05, 3.63) is 59.7 Å². The van der Waals surface area contributed by atoms with Crippen LogP contribution >= 0.6 is 12.4 Å². The molecule has 140 valence electrons. The van der Waals surface area contributed by atoms with E-state index in [1.165, 1.54) is 0 Å². The maximum absolute atomic E-state index is 12.6. The van der Waals surface area contributed by atoms with Crippen molar-refractivity contribution in [3.63, 3.8) is 0 Å². The third-order valence-electron chi connectivity index (χ3n) is 4.56. The number of hydrogen-bond donors (Lipinski definition) is 2. The number of rotatable bonds is 5. The number of nitrogens with two attached hydrogens (primary N) is 1. The summed E-state index contributed by atoms with van der Waals surface area (Å²) in [6, 6.07) is 14.9. The normalized spacial score (nSPS) is 16.0. The monoisotopic (exact) mass is 376 g/mol. The molecule has 1 aliphatic heterocycles. The summed E-state index contributed by atoms with van der Waals surface area (Å²) in [6.07, 6.45) is 0. The van der Waals surface area contributed by atoms with Gasteiger partial charge in [-0.1, -0.05) is 43.3 Å². The number of carbonyl (C=O) groups is 1. The van der Waals surface area contributed by atoms with Gasteiger partial charge >= 0.3 is 0 Å². The molecule has 26 heavy (non-hydrogen) atoms. The van der Waals surface area contributed by atoms with Crippen LogP contribution in [-0.4, -0.2) is 19.1 Å². The van der Waals surface area contributed by atoms with E-state index in [1.54, 1.807) is 0 Å². The van der Waals surface area contributed by atoms with E-state index in [0.29, 0.717) is 13.2 Å². The molecule has 0 aliphatic carbocycles. The Morgan fingerprint density at radius 1 is 1.00 bits per heavy atom. The second-order valence-corrected chi connectivity index (χ2v) is 6.36. The van der Waals surface area contributed by atoms with Gasteiger partial charge in [0.25, 0.3) is 0 Å². The highest BCUT2D eigenvalue weighted by Gasteiger charge is 2.24. The van der Waals surface area contributed by atoms with Crippen molar-refractivity contribution in [2.45, 2.75) is 25.9 Å². The van der Waals surface area contributed by atoms with E-state index in [4.69, 9.17) is 15.2 Å². The van der Waals surface area contributed by atoms with Crippen molar-refractivity contribution in [2.75, 3.05) is 13.2 Å². The summed E-state index contributed by atoms with van der Waals surface area (Å²) in [5.74, 6) is 1.06. The predicted molar refractivity (Wildman–Crippen MR) is 104 cm³/mol. The minimum Gasteiger partial charge on any atom is -0.486 e. The molecule has 0 bridgehead atoms. The number of benzene rings is 2. The zero-order valence-electron chi connectivity index (χ0n) is 15.0. The molecule has 2 aromatic rings. The van der Waals surface area contributed by atoms with Crippen molar-refractivity contribution in [1.29, 1.82) is 0 Å². The lowest BCUT2D eigenvalue weighted by Crippen LogP contribution is -2.36. The second kappa shape index (κ2) is 8.92. The van der Waals surface area contributed by atoms with Crippen LogP contribution in [0.1, 0.15) is 37.1 Å². The molecule has 5 nitrogen and oxygen atoms in total. The Hall–Kier alpha value is -2.24. The topological polar surface area (TPSA) is 73.6 Å². The van der Waals surface area contributed by atoms with Gasteiger partial charge in [-0.2, -0.15) is 0 Å². The predicted octanol–water partition coefficient (Wildman–Crippen LogP) is 3.39. The van der Waals surface area contributed by atoms with Gasteiger partial charge in [-0.05, 0) is 30.2 Å². The first kappa shape index (κ1) is 20.1. The number of halogens is 1. The molecule has 0 saturated carbocycles. The molecule has 0 radical (unpaired) electrons. The molecule has 2 aromatic carbocycles. The average molecular weight is 377 g/mol. The van der Waals surface area contributed by atoms with Gasteiger partial charge in [0.2, 0.25) is 5.91 Å². The molecule has 6 heteroatoms. The van der Waals surface area contributed by atoms with E-state index < -0.39 is 0 Å². The minimum absolute atomic E-state index is 0. The van der Waals surface area contributed by atoms with Crippen LogP contribution in [0.5, 0.6) is 11.5 Å². The van der Waals surface area contributed by atoms with E-state index in [9.17, 15) is 4.79 Å². The van der Waals surface area contributed by atoms with Crippen LogP contribution in [0.2, 0.25) is 0 Å². The number of ether oxygens (including phenoxy) is 2. The molecule has 3 rings (SSSR count). The lowest BCUT2D eigenvalue weighted by atomic mass is 9.94. The molecular weight excluding hydrogens is 352 g/mol. The fourth-order valence-corrected chi connectivity index (χ4v) is 2.88. The Labute approximate surface area is 160 Å². The largest absolute Gasteiger partial charge is 0.486 e. The van der Waals surface area contributed by atoms with E-state index in [2.05, 4.69) is 5.32 Å². The van der Waals surface area contributed by atoms with Crippen molar-refractivity contribution in [1.82, 2.24) is 5.32 Å². The van der Waals surface area contributed by atoms with Crippen molar-refractivity contribution >= 4 is 18.3 Å². The Kier molecular flexibility index (Phi) is 6.89. The summed E-state index contributed by atoms with van der Waals surface area (Å²) in [5.41, 5.74) is 8.17. The number of hydrogen-bond acceptors (Lipinski definition) is 4. The number of nitrogens with one attached hydrogen (secondary N) is 1. The highest BCUT2D eigenvalue weighted by molar-refractivity contribution is 5.85. The van der Waals surface area contributed by atoms with Gasteiger partial charge in [0.05, 0.1) is 12.0 Å². The maximum atomic E-state index is 12.6. The van der Waals surface area contributed by atoms with E-state index in [0.717, 1.165) is 22.6 Å². The minimum atomic E-state index is -0.339. The summed E-state index contributed by atoms with van der Waals surface area (Å²) in [7, 11) is 0. The van der Waals surface area contributed by atoms with Crippen molar-refractivity contribution < 1.29 is 14.3 Å². The molecule has 3 unspecified atom stereocenters. The van der Waals surface area contributed by atoms with Gasteiger partial charge < -0.3 is 20.5 Å². The van der Waals surface area contributed by atoms with Gasteiger partial charge in [-0.25, -0.2) is 0 Å². The van der Waals surface area contributed by atoms with Crippen LogP contribution in [0.3, 0.4) is 0 Å². The molecule has 0 fully saturated rings. The highest BCUT2D eigenvalue weighted by Crippen LogP contribution is 2.32. The Bertz CT molecular complexity index is 739. The summed E-state index contributed by atoms with van der Waals surface area (Å²) in [5, 5.41) is 3.04. The molecule has 0 spiro atoms. The molecule has 0 aromatic heterocycles. The van der Waals surface area contributed by atoms with Gasteiger partial charge in [0, 0.05) is 6.04 Å². The Balaban J connectivity index is 0.00000243. The fraction of sp³-hybridized carbons (Fsp3) is 0.350. The fourth-order valence-electron chi connectivity index (χ4n) is 2.88. The Morgan fingerprint density at radius 3 is 2.35 bits per heavy atom. The third-order valence-corrected chi connectivity index (χ3v) is 4.56. The second-order valence-electron chi connectivity index (χ2n) is 6.36. The van der Waals surface area contributed by atoms with Gasteiger partial charge in [0.1, 0.15) is 13.2 Å². The summed E-state index contributed by atoms with van der Waals surface area (Å²) >= 11 is 0. The molecule has 0 saturated heterocycles. The van der Waals surface area contributed by atoms with Crippen LogP contribution in [-0.2, 0) is 4.79 Å². The lowest BCUT2D eigenvalue weighted by molar-refractivity contribution is -0.125. The molecule has 1 aliphatic rings. The smallest absolute Gasteiger partial charge is 0.225 e. The Morgan fingerprint density at radius 2 is 1.65 bits per heavy atom. The quantitative estimate of drug-likeness (QED) is 0.838. The van der Waals surface area contributed by atoms with Crippen LogP contribution in [0, 0.1) is 5.92 Å². The molecule has 3 N–H and O–H groups in total. The standard InChI is InChI=1S/C20H24N2O3.ClH/c1-13(19(21)15-6-4-3-5-7-15)20(23)22-14(2)16-8-9-17-18(12-16)25-11-10-24-17;/h3-9,12-14,19H,10-11,21H2,1-2H3,(H,22,23);1H. The first-order valence-electron chi connectivity index (χ1n) is 8.56. The van der Waals surface area contributed by atoms with Crippen LogP contribution in [0.4, 0.5) is 0 Å². The summed E-state index contributed by atoms with van der Waals surface area (Å²) in [4.78, 5) is 12.6. The van der Waals surface area contributed by atoms with Gasteiger partial charge in [-0.15, -0.1) is 12.4 Å². The van der Waals surface area contributed by atoms with Crippen molar-refractivity contribution in [2.24, 2.45) is 11.7 Å². The zero-order chi connectivity index (χ0) is 17.8. The number of amides is 1. The third kappa shape index (κ3) is 4.48. The molecule has 1 heterocycles. The van der Waals surface area contributed by atoms with Crippen LogP contribution in [0.15, 0.2) is 48.5 Å². The van der Waals surface area contributed by atoms with Crippen LogP contribution in [0.25, 0.3) is 0 Å². The first-order valence-corrected chi connectivity index (χ1v) is 8.56. The lowest BCUT2D eigenvalue weighted by Gasteiger charge is -2.24. The number of fused-ring (bicyclic) bond motifs is 1. The highest BCUT2D eigenvalue weighted by atomic mass is 35.5.